The Labute approximate surface area is 150 Å². The lowest BCUT2D eigenvalue weighted by Crippen LogP contribution is -2.34. The van der Waals surface area contributed by atoms with Crippen molar-refractivity contribution in [2.45, 2.75) is 0 Å². The Morgan fingerprint density at radius 3 is 2.92 bits per heavy atom. The van der Waals surface area contributed by atoms with E-state index in [9.17, 15) is 0 Å². The molecule has 0 amide bonds. The van der Waals surface area contributed by atoms with Gasteiger partial charge in [0.15, 0.2) is 5.82 Å². The first-order valence-corrected chi connectivity index (χ1v) is 8.05. The highest BCUT2D eigenvalue weighted by molar-refractivity contribution is 6.30. The summed E-state index contributed by atoms with van der Waals surface area (Å²) in [7, 11) is 1.97. The Kier molecular flexibility index (Phi) is 3.91. The van der Waals surface area contributed by atoms with Crippen molar-refractivity contribution in [3.63, 3.8) is 0 Å². The van der Waals surface area contributed by atoms with Gasteiger partial charge in [-0.3, -0.25) is 21.3 Å². The van der Waals surface area contributed by atoms with Crippen LogP contribution in [0, 0.1) is 0 Å². The van der Waals surface area contributed by atoms with Crippen molar-refractivity contribution >= 4 is 29.3 Å². The summed E-state index contributed by atoms with van der Waals surface area (Å²) in [6.07, 6.45) is 7.04. The van der Waals surface area contributed by atoms with E-state index >= 15 is 0 Å². The van der Waals surface area contributed by atoms with Crippen molar-refractivity contribution in [2.75, 3.05) is 17.4 Å². The van der Waals surface area contributed by atoms with Crippen LogP contribution in [0.15, 0.2) is 77.2 Å². The van der Waals surface area contributed by atoms with Crippen molar-refractivity contribution in [1.82, 2.24) is 20.8 Å². The molecule has 4 rings (SSSR count). The molecule has 2 aliphatic heterocycles. The molecule has 1 aromatic carbocycles. The summed E-state index contributed by atoms with van der Waals surface area (Å²) < 4.78 is 0. The van der Waals surface area contributed by atoms with Gasteiger partial charge in [0.1, 0.15) is 17.7 Å². The zero-order valence-electron chi connectivity index (χ0n) is 13.4. The molecule has 0 spiro atoms. The number of fused-ring (bicyclic) bond motifs is 1. The number of hydrogen-bond acceptors (Lipinski definition) is 7. The maximum atomic E-state index is 6.08. The number of hydrogen-bond donors (Lipinski definition) is 3. The van der Waals surface area contributed by atoms with E-state index in [2.05, 4.69) is 26.3 Å². The van der Waals surface area contributed by atoms with Crippen molar-refractivity contribution in [1.29, 1.82) is 0 Å². The van der Waals surface area contributed by atoms with Crippen molar-refractivity contribution < 1.29 is 0 Å². The number of aromatic nitrogens is 1. The molecule has 2 aromatic rings. The molecule has 0 atom stereocenters. The Morgan fingerprint density at radius 1 is 1.20 bits per heavy atom. The molecule has 0 fully saturated rings. The standard InChI is InChI=1S/C17H16ClN7/c1-24(14-6-3-7-19-9-14)17-16-15(21-22-17)10-20-11-25(16)23-13-5-2-4-12(18)8-13/h2-11,21-23H,1H3. The lowest BCUT2D eigenvalue weighted by molar-refractivity contribution is 0.624. The molecule has 0 radical (unpaired) electrons. The molecule has 1 aromatic heterocycles. The SMILES string of the molecule is CN(C1=C2C(=CN=CN2Nc2cccc(Cl)c2)NN1)c1cccnc1. The van der Waals surface area contributed by atoms with E-state index < -0.39 is 0 Å². The second-order valence-electron chi connectivity index (χ2n) is 5.52. The molecule has 25 heavy (non-hydrogen) atoms. The summed E-state index contributed by atoms with van der Waals surface area (Å²) in [4.78, 5) is 10.5. The second kappa shape index (κ2) is 6.37. The smallest absolute Gasteiger partial charge is 0.153 e. The Hall–Kier alpha value is -3.19. The summed E-state index contributed by atoms with van der Waals surface area (Å²) in [6.45, 7) is 0. The number of nitrogens with one attached hydrogen (secondary N) is 3. The number of hydrazine groups is 2. The topological polar surface area (TPSA) is 67.8 Å². The first kappa shape index (κ1) is 15.3. The third kappa shape index (κ3) is 2.97. The minimum absolute atomic E-state index is 0.666. The number of aliphatic imine (C=N–C) groups is 1. The van der Waals surface area contributed by atoms with Crippen LogP contribution < -0.4 is 21.2 Å². The second-order valence-corrected chi connectivity index (χ2v) is 5.95. The van der Waals surface area contributed by atoms with Gasteiger partial charge in [0.05, 0.1) is 23.8 Å². The van der Waals surface area contributed by atoms with E-state index in [0.717, 1.165) is 28.6 Å². The fourth-order valence-corrected chi connectivity index (χ4v) is 2.84. The lowest BCUT2D eigenvalue weighted by atomic mass is 10.3. The summed E-state index contributed by atoms with van der Waals surface area (Å²) in [5.41, 5.74) is 13.3. The van der Waals surface area contributed by atoms with Crippen LogP contribution in [0.4, 0.5) is 11.4 Å². The van der Waals surface area contributed by atoms with Gasteiger partial charge in [-0.05, 0) is 30.3 Å². The van der Waals surface area contributed by atoms with E-state index in [1.807, 2.05) is 59.6 Å². The van der Waals surface area contributed by atoms with E-state index in [1.54, 1.807) is 18.7 Å². The van der Waals surface area contributed by atoms with Gasteiger partial charge in [-0.1, -0.05) is 17.7 Å². The molecule has 3 N–H and O–H groups in total. The van der Waals surface area contributed by atoms with Gasteiger partial charge in [-0.15, -0.1) is 0 Å². The predicted molar refractivity (Wildman–Crippen MR) is 99.4 cm³/mol. The number of benzene rings is 1. The van der Waals surface area contributed by atoms with Crippen LogP contribution in [0.25, 0.3) is 0 Å². The van der Waals surface area contributed by atoms with Crippen molar-refractivity contribution in [3.8, 4) is 0 Å². The zero-order valence-corrected chi connectivity index (χ0v) is 14.2. The molecule has 2 aliphatic rings. The maximum Gasteiger partial charge on any atom is 0.153 e. The van der Waals surface area contributed by atoms with Gasteiger partial charge in [0.25, 0.3) is 0 Å². The molecule has 0 saturated carbocycles. The minimum Gasteiger partial charge on any atom is -0.327 e. The van der Waals surface area contributed by atoms with Gasteiger partial charge in [0, 0.05) is 18.3 Å². The Bertz CT molecular complexity index is 876. The summed E-state index contributed by atoms with van der Waals surface area (Å²) >= 11 is 6.08. The Morgan fingerprint density at radius 2 is 2.12 bits per heavy atom. The molecule has 126 valence electrons. The minimum atomic E-state index is 0.666. The molecular weight excluding hydrogens is 338 g/mol. The largest absolute Gasteiger partial charge is 0.327 e. The number of rotatable bonds is 4. The zero-order chi connectivity index (χ0) is 17.2. The number of pyridine rings is 1. The molecule has 3 heterocycles. The highest BCUT2D eigenvalue weighted by atomic mass is 35.5. The van der Waals surface area contributed by atoms with Crippen LogP contribution >= 0.6 is 11.6 Å². The van der Waals surface area contributed by atoms with Crippen LogP contribution in [0.1, 0.15) is 0 Å². The van der Waals surface area contributed by atoms with Gasteiger partial charge in [-0.2, -0.15) is 0 Å². The van der Waals surface area contributed by atoms with Gasteiger partial charge >= 0.3 is 0 Å². The summed E-state index contributed by atoms with van der Waals surface area (Å²) in [6, 6.07) is 11.4. The van der Waals surface area contributed by atoms with Crippen LogP contribution in [0.2, 0.25) is 5.02 Å². The van der Waals surface area contributed by atoms with Gasteiger partial charge in [-0.25, -0.2) is 10.0 Å². The monoisotopic (exact) mass is 353 g/mol. The van der Waals surface area contributed by atoms with E-state index in [0.29, 0.717) is 5.02 Å². The summed E-state index contributed by atoms with van der Waals surface area (Å²) in [5.74, 6) is 0.875. The molecule has 0 aliphatic carbocycles. The van der Waals surface area contributed by atoms with Gasteiger partial charge < -0.3 is 4.90 Å². The van der Waals surface area contributed by atoms with E-state index in [1.165, 1.54) is 0 Å². The number of nitrogens with zero attached hydrogens (tertiary/aromatic N) is 4. The molecular formula is C17H16ClN7. The first-order valence-electron chi connectivity index (χ1n) is 7.68. The summed E-state index contributed by atoms with van der Waals surface area (Å²) in [5, 5.41) is 2.51. The van der Waals surface area contributed by atoms with E-state index in [-0.39, 0.29) is 0 Å². The molecule has 0 bridgehead atoms. The number of anilines is 2. The first-order chi connectivity index (χ1) is 12.2. The van der Waals surface area contributed by atoms with Crippen LogP contribution in [0.5, 0.6) is 0 Å². The molecule has 7 nitrogen and oxygen atoms in total. The highest BCUT2D eigenvalue weighted by Gasteiger charge is 2.29. The van der Waals surface area contributed by atoms with E-state index in [4.69, 9.17) is 11.6 Å². The fraction of sp³-hybridized carbons (Fsp3) is 0.0588. The lowest BCUT2D eigenvalue weighted by Gasteiger charge is -2.27. The maximum absolute atomic E-state index is 6.08. The molecule has 8 heteroatoms. The fourth-order valence-electron chi connectivity index (χ4n) is 2.65. The third-order valence-electron chi connectivity index (χ3n) is 3.86. The van der Waals surface area contributed by atoms with Crippen molar-refractivity contribution in [2.24, 2.45) is 4.99 Å². The Balaban J connectivity index is 1.68. The van der Waals surface area contributed by atoms with Crippen LogP contribution in [0.3, 0.4) is 0 Å². The third-order valence-corrected chi connectivity index (χ3v) is 4.10. The van der Waals surface area contributed by atoms with Gasteiger partial charge in [0.2, 0.25) is 0 Å². The van der Waals surface area contributed by atoms with Crippen molar-refractivity contribution in [3.05, 3.63) is 77.2 Å². The van der Waals surface area contributed by atoms with Crippen LogP contribution in [-0.2, 0) is 0 Å². The average Bonchev–Trinajstić information content (AvgIpc) is 3.07. The molecule has 0 saturated heterocycles. The quantitative estimate of drug-likeness (QED) is 0.785. The van der Waals surface area contributed by atoms with Crippen LogP contribution in [-0.4, -0.2) is 23.4 Å². The predicted octanol–water partition coefficient (Wildman–Crippen LogP) is 2.66. The molecule has 0 unspecified atom stereocenters. The average molecular weight is 354 g/mol. The normalized spacial score (nSPS) is 15.3. The highest BCUT2D eigenvalue weighted by Crippen LogP contribution is 2.28. The number of halogens is 1.